The molecule has 0 bridgehead atoms. The highest BCUT2D eigenvalue weighted by molar-refractivity contribution is 7.71. The lowest BCUT2D eigenvalue weighted by atomic mass is 10.4. The van der Waals surface area contributed by atoms with Crippen molar-refractivity contribution in [3.63, 3.8) is 0 Å². The van der Waals surface area contributed by atoms with Crippen molar-refractivity contribution >= 4 is 12.2 Å². The quantitative estimate of drug-likeness (QED) is 0.765. The second-order valence-corrected chi connectivity index (χ2v) is 3.48. The summed E-state index contributed by atoms with van der Waals surface area (Å²) in [7, 11) is 0. The summed E-state index contributed by atoms with van der Waals surface area (Å²) in [5, 5.41) is 10.6. The number of H-pyrrole nitrogens is 1. The van der Waals surface area contributed by atoms with Crippen LogP contribution in [0.15, 0.2) is 10.6 Å². The monoisotopic (exact) mass is 210 g/mol. The smallest absolute Gasteiger partial charge is 0.195 e. The average Bonchev–Trinajstić information content (AvgIpc) is 2.67. The van der Waals surface area contributed by atoms with E-state index in [0.717, 1.165) is 17.3 Å². The summed E-state index contributed by atoms with van der Waals surface area (Å²) in [5.41, 5.74) is 0.850. The van der Waals surface area contributed by atoms with E-state index in [1.54, 1.807) is 0 Å². The van der Waals surface area contributed by atoms with Gasteiger partial charge in [-0.3, -0.25) is 9.67 Å². The Balaban J connectivity index is 2.31. The van der Waals surface area contributed by atoms with Gasteiger partial charge in [0.25, 0.3) is 0 Å². The summed E-state index contributed by atoms with van der Waals surface area (Å²) in [6.45, 7) is 4.34. The lowest BCUT2D eigenvalue weighted by Gasteiger charge is -1.98. The summed E-state index contributed by atoms with van der Waals surface area (Å²) < 4.78 is 7.43. The van der Waals surface area contributed by atoms with E-state index in [-0.39, 0.29) is 0 Å². The van der Waals surface area contributed by atoms with Gasteiger partial charge in [-0.05, 0) is 26.1 Å². The minimum absolute atomic E-state index is 0.596. The van der Waals surface area contributed by atoms with Crippen molar-refractivity contribution < 1.29 is 4.52 Å². The molecule has 0 fully saturated rings. The van der Waals surface area contributed by atoms with Crippen molar-refractivity contribution in [2.75, 3.05) is 0 Å². The third-order valence-electron chi connectivity index (χ3n) is 1.95. The fourth-order valence-corrected chi connectivity index (χ4v) is 1.48. The molecule has 0 unspecified atom stereocenters. The molecule has 2 aromatic heterocycles. The highest BCUT2D eigenvalue weighted by Gasteiger charge is 2.05. The van der Waals surface area contributed by atoms with Crippen molar-refractivity contribution in [1.82, 2.24) is 19.9 Å². The molecule has 0 aliphatic rings. The topological polar surface area (TPSA) is 59.6 Å². The normalized spacial score (nSPS) is 10.7. The highest BCUT2D eigenvalue weighted by Crippen LogP contribution is 2.05. The molecule has 2 aromatic rings. The lowest BCUT2D eigenvalue weighted by Crippen LogP contribution is -2.02. The van der Waals surface area contributed by atoms with Crippen LogP contribution in [-0.2, 0) is 6.54 Å². The van der Waals surface area contributed by atoms with Crippen LogP contribution in [0.1, 0.15) is 17.3 Å². The van der Waals surface area contributed by atoms with Crippen LogP contribution in [-0.4, -0.2) is 19.9 Å². The number of hydrogen-bond donors (Lipinski definition) is 1. The molecule has 0 atom stereocenters. The van der Waals surface area contributed by atoms with Gasteiger partial charge in [-0.25, -0.2) is 0 Å². The molecule has 14 heavy (non-hydrogen) atoms. The SMILES string of the molecule is Cc1cc(Cn2c(C)n[nH]c2=S)no1. The summed E-state index contributed by atoms with van der Waals surface area (Å²) in [6.07, 6.45) is 0. The number of nitrogens with zero attached hydrogens (tertiary/aromatic N) is 3. The van der Waals surface area contributed by atoms with Gasteiger partial charge in [0, 0.05) is 6.07 Å². The molecule has 0 aliphatic carbocycles. The molecule has 0 saturated heterocycles. The van der Waals surface area contributed by atoms with Gasteiger partial charge in [0.1, 0.15) is 17.3 Å². The van der Waals surface area contributed by atoms with Gasteiger partial charge in [0.15, 0.2) is 4.77 Å². The average molecular weight is 210 g/mol. The number of aromatic amines is 1. The Bertz CT molecular complexity index is 495. The second kappa shape index (κ2) is 3.38. The van der Waals surface area contributed by atoms with Gasteiger partial charge in [0.05, 0.1) is 6.54 Å². The van der Waals surface area contributed by atoms with Gasteiger partial charge in [-0.2, -0.15) is 5.10 Å². The van der Waals surface area contributed by atoms with Crippen molar-refractivity contribution in [2.24, 2.45) is 0 Å². The minimum Gasteiger partial charge on any atom is -0.361 e. The third-order valence-corrected chi connectivity index (χ3v) is 2.26. The van der Waals surface area contributed by atoms with Crippen LogP contribution in [0.5, 0.6) is 0 Å². The van der Waals surface area contributed by atoms with Crippen LogP contribution in [0.2, 0.25) is 0 Å². The van der Waals surface area contributed by atoms with Gasteiger partial charge in [-0.15, -0.1) is 0 Å². The molecule has 0 radical (unpaired) electrons. The van der Waals surface area contributed by atoms with Gasteiger partial charge < -0.3 is 4.52 Å². The molecular weight excluding hydrogens is 200 g/mol. The van der Waals surface area contributed by atoms with E-state index >= 15 is 0 Å². The van der Waals surface area contributed by atoms with Crippen molar-refractivity contribution in [3.05, 3.63) is 28.1 Å². The first-order valence-electron chi connectivity index (χ1n) is 4.21. The molecule has 74 valence electrons. The minimum atomic E-state index is 0.596. The Labute approximate surface area is 85.7 Å². The maximum absolute atomic E-state index is 5.07. The number of nitrogens with one attached hydrogen (secondary N) is 1. The zero-order valence-electron chi connectivity index (χ0n) is 7.94. The first-order valence-corrected chi connectivity index (χ1v) is 4.61. The van der Waals surface area contributed by atoms with Crippen LogP contribution in [0, 0.1) is 18.6 Å². The molecule has 0 aliphatic heterocycles. The molecule has 0 amide bonds. The Hall–Kier alpha value is -1.43. The largest absolute Gasteiger partial charge is 0.361 e. The Morgan fingerprint density at radius 2 is 2.36 bits per heavy atom. The van der Waals surface area contributed by atoms with Crippen LogP contribution >= 0.6 is 12.2 Å². The van der Waals surface area contributed by atoms with E-state index in [2.05, 4.69) is 15.4 Å². The van der Waals surface area contributed by atoms with Crippen molar-refractivity contribution in [1.29, 1.82) is 0 Å². The van der Waals surface area contributed by atoms with Crippen molar-refractivity contribution in [2.45, 2.75) is 20.4 Å². The van der Waals surface area contributed by atoms with Gasteiger partial charge in [-0.1, -0.05) is 5.16 Å². The fraction of sp³-hybridized carbons (Fsp3) is 0.375. The second-order valence-electron chi connectivity index (χ2n) is 3.09. The van der Waals surface area contributed by atoms with E-state index in [1.807, 2.05) is 24.5 Å². The lowest BCUT2D eigenvalue weighted by molar-refractivity contribution is 0.388. The van der Waals surface area contributed by atoms with E-state index in [0.29, 0.717) is 11.3 Å². The number of rotatable bonds is 2. The Kier molecular flexibility index (Phi) is 2.20. The number of aryl methyl sites for hydroxylation is 2. The fourth-order valence-electron chi connectivity index (χ4n) is 1.24. The van der Waals surface area contributed by atoms with Crippen LogP contribution in [0.25, 0.3) is 0 Å². The summed E-state index contributed by atoms with van der Waals surface area (Å²) >= 11 is 5.07. The molecular formula is C8H10N4OS. The highest BCUT2D eigenvalue weighted by atomic mass is 32.1. The first-order chi connectivity index (χ1) is 6.66. The maximum Gasteiger partial charge on any atom is 0.195 e. The number of hydrogen-bond acceptors (Lipinski definition) is 4. The third kappa shape index (κ3) is 1.60. The predicted octanol–water partition coefficient (Wildman–Crippen LogP) is 1.59. The van der Waals surface area contributed by atoms with E-state index in [9.17, 15) is 0 Å². The maximum atomic E-state index is 5.07. The van der Waals surface area contributed by atoms with E-state index in [1.165, 1.54) is 0 Å². The van der Waals surface area contributed by atoms with Crippen molar-refractivity contribution in [3.8, 4) is 0 Å². The van der Waals surface area contributed by atoms with Crippen LogP contribution in [0.3, 0.4) is 0 Å². The van der Waals surface area contributed by atoms with Crippen LogP contribution < -0.4 is 0 Å². The first kappa shape index (κ1) is 9.14. The molecule has 2 heterocycles. The van der Waals surface area contributed by atoms with E-state index < -0.39 is 0 Å². The van der Waals surface area contributed by atoms with E-state index in [4.69, 9.17) is 16.7 Å². The van der Waals surface area contributed by atoms with Gasteiger partial charge >= 0.3 is 0 Å². The summed E-state index contributed by atoms with van der Waals surface area (Å²) in [5.74, 6) is 1.64. The Morgan fingerprint density at radius 1 is 1.57 bits per heavy atom. The standard InChI is InChI=1S/C8H10N4OS/c1-5-3-7(11-13-5)4-12-6(2)9-10-8(12)14/h3H,4H2,1-2H3,(H,10,14). The zero-order chi connectivity index (χ0) is 10.1. The predicted molar refractivity (Wildman–Crippen MR) is 52.5 cm³/mol. The number of aromatic nitrogens is 4. The summed E-state index contributed by atoms with van der Waals surface area (Å²) in [4.78, 5) is 0. The molecule has 0 aromatic carbocycles. The zero-order valence-corrected chi connectivity index (χ0v) is 8.76. The van der Waals surface area contributed by atoms with Gasteiger partial charge in [0.2, 0.25) is 0 Å². The molecule has 6 heteroatoms. The molecule has 0 saturated carbocycles. The molecule has 0 spiro atoms. The Morgan fingerprint density at radius 3 is 2.86 bits per heavy atom. The van der Waals surface area contributed by atoms with Crippen LogP contribution in [0.4, 0.5) is 0 Å². The molecule has 5 nitrogen and oxygen atoms in total. The molecule has 1 N–H and O–H groups in total. The summed E-state index contributed by atoms with van der Waals surface area (Å²) in [6, 6.07) is 1.88. The molecule has 2 rings (SSSR count).